The van der Waals surface area contributed by atoms with Crippen molar-refractivity contribution in [2.75, 3.05) is 12.4 Å². The number of anilines is 1. The van der Waals surface area contributed by atoms with Gasteiger partial charge in [0, 0.05) is 24.6 Å². The molecule has 2 aromatic carbocycles. The fraction of sp³-hybridized carbons (Fsp3) is 0.211. The lowest BCUT2D eigenvalue weighted by Crippen LogP contribution is -2.30. The first kappa shape index (κ1) is 20.8. The summed E-state index contributed by atoms with van der Waals surface area (Å²) >= 11 is 7.14. The minimum Gasteiger partial charge on any atom is -0.320 e. The van der Waals surface area contributed by atoms with Crippen molar-refractivity contribution in [2.45, 2.75) is 18.6 Å². The van der Waals surface area contributed by atoms with E-state index >= 15 is 0 Å². The van der Waals surface area contributed by atoms with Gasteiger partial charge < -0.3 is 5.32 Å². The van der Waals surface area contributed by atoms with Crippen LogP contribution in [0.3, 0.4) is 0 Å². The molecule has 1 aliphatic heterocycles. The highest BCUT2D eigenvalue weighted by molar-refractivity contribution is 8.15. The summed E-state index contributed by atoms with van der Waals surface area (Å²) in [6, 6.07) is 11.1. The van der Waals surface area contributed by atoms with Crippen LogP contribution in [0.4, 0.5) is 17.1 Å². The molecule has 8 nitrogen and oxygen atoms in total. The molecule has 0 aliphatic carbocycles. The molecule has 1 aliphatic rings. The maximum Gasteiger partial charge on any atom is 0.292 e. The summed E-state index contributed by atoms with van der Waals surface area (Å²) in [6.07, 6.45) is -0.126. The lowest BCUT2D eigenvalue weighted by Gasteiger charge is -2.10. The first-order chi connectivity index (χ1) is 13.8. The number of halogens is 1. The highest BCUT2D eigenvalue weighted by Crippen LogP contribution is 2.32. The number of nitro benzene ring substituents is 1. The highest BCUT2D eigenvalue weighted by atomic mass is 35.5. The molecule has 0 aromatic heterocycles. The molecular formula is C19H17ClN4O4S. The van der Waals surface area contributed by atoms with Crippen LogP contribution < -0.4 is 5.32 Å². The number of carbonyl (C=O) groups excluding carboxylic acids is 2. The molecule has 2 aromatic rings. The van der Waals surface area contributed by atoms with Crippen LogP contribution in [-0.4, -0.2) is 39.1 Å². The van der Waals surface area contributed by atoms with E-state index in [0.717, 1.165) is 5.56 Å². The lowest BCUT2D eigenvalue weighted by molar-refractivity contribution is -0.383. The molecule has 150 valence electrons. The molecule has 1 N–H and O–H groups in total. The van der Waals surface area contributed by atoms with Gasteiger partial charge in [0.05, 0.1) is 10.6 Å². The predicted octanol–water partition coefficient (Wildman–Crippen LogP) is 4.15. The molecule has 0 bridgehead atoms. The van der Waals surface area contributed by atoms with E-state index in [1.165, 1.54) is 34.9 Å². The number of thioether (sulfide) groups is 1. The van der Waals surface area contributed by atoms with Crippen molar-refractivity contribution >= 4 is 57.4 Å². The molecule has 29 heavy (non-hydrogen) atoms. The summed E-state index contributed by atoms with van der Waals surface area (Å²) in [5.41, 5.74) is 1.44. The molecule has 1 fully saturated rings. The summed E-state index contributed by atoms with van der Waals surface area (Å²) in [6.45, 7) is 1.87. The number of hydrogen-bond donors (Lipinski definition) is 1. The van der Waals surface area contributed by atoms with E-state index in [0.29, 0.717) is 15.9 Å². The number of para-hydroxylation sites is 2. The number of hydrogen-bond acceptors (Lipinski definition) is 6. The molecule has 1 unspecified atom stereocenters. The first-order valence-corrected chi connectivity index (χ1v) is 9.84. The Morgan fingerprint density at radius 3 is 2.76 bits per heavy atom. The third-order valence-electron chi connectivity index (χ3n) is 4.26. The van der Waals surface area contributed by atoms with Crippen LogP contribution >= 0.6 is 23.4 Å². The van der Waals surface area contributed by atoms with Crippen molar-refractivity contribution in [2.24, 2.45) is 4.99 Å². The Bertz CT molecular complexity index is 1030. The Morgan fingerprint density at radius 2 is 2.07 bits per heavy atom. The normalized spacial score (nSPS) is 17.6. The van der Waals surface area contributed by atoms with Crippen molar-refractivity contribution in [3.8, 4) is 0 Å². The zero-order chi connectivity index (χ0) is 21.1. The molecule has 10 heteroatoms. The smallest absolute Gasteiger partial charge is 0.292 e. The Labute approximate surface area is 176 Å². The minimum atomic E-state index is -0.658. The van der Waals surface area contributed by atoms with Gasteiger partial charge >= 0.3 is 0 Å². The maximum absolute atomic E-state index is 12.5. The molecule has 1 atom stereocenters. The van der Waals surface area contributed by atoms with E-state index in [2.05, 4.69) is 10.3 Å². The molecule has 0 spiro atoms. The number of amidine groups is 1. The Morgan fingerprint density at radius 1 is 1.34 bits per heavy atom. The van der Waals surface area contributed by atoms with Crippen molar-refractivity contribution in [1.82, 2.24) is 4.90 Å². The summed E-state index contributed by atoms with van der Waals surface area (Å²) in [5.74, 6) is -0.736. The van der Waals surface area contributed by atoms with Crippen molar-refractivity contribution in [1.29, 1.82) is 0 Å². The minimum absolute atomic E-state index is 0.0944. The van der Waals surface area contributed by atoms with Gasteiger partial charge in [-0.15, -0.1) is 0 Å². The topological polar surface area (TPSA) is 105 Å². The van der Waals surface area contributed by atoms with Crippen LogP contribution in [0.15, 0.2) is 47.5 Å². The third-order valence-corrected chi connectivity index (χ3v) is 5.73. The van der Waals surface area contributed by atoms with Gasteiger partial charge in [-0.05, 0) is 36.8 Å². The number of nitrogens with one attached hydrogen (secondary N) is 1. The molecule has 2 amide bonds. The van der Waals surface area contributed by atoms with Crippen LogP contribution in [0.1, 0.15) is 12.0 Å². The van der Waals surface area contributed by atoms with Crippen LogP contribution in [0, 0.1) is 17.0 Å². The van der Waals surface area contributed by atoms with Gasteiger partial charge in [0.2, 0.25) is 11.8 Å². The van der Waals surface area contributed by atoms with Gasteiger partial charge in [-0.3, -0.25) is 24.6 Å². The number of aryl methyl sites for hydroxylation is 1. The Hall–Kier alpha value is -2.91. The largest absolute Gasteiger partial charge is 0.320 e. The Kier molecular flexibility index (Phi) is 6.19. The number of nitrogens with zero attached hydrogens (tertiary/aromatic N) is 3. The number of benzene rings is 2. The summed E-state index contributed by atoms with van der Waals surface area (Å²) < 4.78 is 0. The van der Waals surface area contributed by atoms with Gasteiger partial charge in [0.1, 0.15) is 10.9 Å². The van der Waals surface area contributed by atoms with Crippen molar-refractivity contribution in [3.63, 3.8) is 0 Å². The van der Waals surface area contributed by atoms with E-state index < -0.39 is 16.1 Å². The molecule has 3 rings (SSSR count). The number of rotatable bonds is 5. The lowest BCUT2D eigenvalue weighted by atomic mass is 10.2. The van der Waals surface area contributed by atoms with Crippen LogP contribution in [0.25, 0.3) is 0 Å². The second kappa shape index (κ2) is 8.62. The van der Waals surface area contributed by atoms with E-state index in [9.17, 15) is 19.7 Å². The van der Waals surface area contributed by atoms with Crippen molar-refractivity contribution < 1.29 is 14.5 Å². The van der Waals surface area contributed by atoms with Gasteiger partial charge in [-0.2, -0.15) is 0 Å². The third kappa shape index (κ3) is 4.75. The predicted molar refractivity (Wildman–Crippen MR) is 114 cm³/mol. The summed E-state index contributed by atoms with van der Waals surface area (Å²) in [4.78, 5) is 41.3. The number of aliphatic imine (C=N–C) groups is 1. The van der Waals surface area contributed by atoms with Gasteiger partial charge in [0.25, 0.3) is 5.69 Å². The SMILES string of the molecule is Cc1cc(Cl)ccc1N=C1SC(CC(=O)Nc2ccccc2[N+](=O)[O-])C(=O)N1C. The quantitative estimate of drug-likeness (QED) is 0.564. The van der Waals surface area contributed by atoms with Gasteiger partial charge in [0.15, 0.2) is 5.17 Å². The standard InChI is InChI=1S/C19H17ClN4O4S/c1-11-9-12(20)7-8-13(11)22-19-23(2)18(26)16(29-19)10-17(25)21-14-5-3-4-6-15(14)24(27)28/h3-9,16H,10H2,1-2H3,(H,21,25). The van der Waals surface area contributed by atoms with Crippen LogP contribution in [0.5, 0.6) is 0 Å². The van der Waals surface area contributed by atoms with E-state index in [1.54, 1.807) is 31.3 Å². The zero-order valence-corrected chi connectivity index (χ0v) is 17.2. The van der Waals surface area contributed by atoms with E-state index in [1.807, 2.05) is 6.92 Å². The van der Waals surface area contributed by atoms with E-state index in [4.69, 9.17) is 11.6 Å². The second-order valence-corrected chi connectivity index (χ2v) is 7.96. The number of nitro groups is 1. The zero-order valence-electron chi connectivity index (χ0n) is 15.6. The second-order valence-electron chi connectivity index (χ2n) is 6.36. The fourth-order valence-electron chi connectivity index (χ4n) is 2.75. The molecule has 0 saturated carbocycles. The van der Waals surface area contributed by atoms with E-state index in [-0.39, 0.29) is 23.7 Å². The van der Waals surface area contributed by atoms with Gasteiger partial charge in [-0.25, -0.2) is 4.99 Å². The fourth-order valence-corrected chi connectivity index (χ4v) is 4.13. The van der Waals surface area contributed by atoms with Gasteiger partial charge in [-0.1, -0.05) is 35.5 Å². The average molecular weight is 433 g/mol. The molecule has 0 radical (unpaired) electrons. The first-order valence-electron chi connectivity index (χ1n) is 8.58. The molecule has 1 heterocycles. The van der Waals surface area contributed by atoms with Crippen LogP contribution in [0.2, 0.25) is 5.02 Å². The summed E-state index contributed by atoms with van der Waals surface area (Å²) in [7, 11) is 1.60. The van der Waals surface area contributed by atoms with Crippen LogP contribution in [-0.2, 0) is 9.59 Å². The molecule has 1 saturated heterocycles. The summed E-state index contributed by atoms with van der Waals surface area (Å²) in [5, 5.41) is 14.0. The number of carbonyl (C=O) groups is 2. The van der Waals surface area contributed by atoms with Crippen molar-refractivity contribution in [3.05, 3.63) is 63.2 Å². The maximum atomic E-state index is 12.5. The average Bonchev–Trinajstić information content (AvgIpc) is 2.92. The number of amides is 2. The molecular weight excluding hydrogens is 416 g/mol. The highest BCUT2D eigenvalue weighted by Gasteiger charge is 2.37. The monoisotopic (exact) mass is 432 g/mol. The Balaban J connectivity index is 1.72.